The van der Waals surface area contributed by atoms with E-state index < -0.39 is 0 Å². The molecule has 0 bridgehead atoms. The van der Waals surface area contributed by atoms with E-state index in [9.17, 15) is 4.79 Å². The summed E-state index contributed by atoms with van der Waals surface area (Å²) in [4.78, 5) is 11.4. The Hall–Kier alpha value is -1.22. The third-order valence-electron chi connectivity index (χ3n) is 2.75. The number of rotatable bonds is 1. The third kappa shape index (κ3) is 2.00. The van der Waals surface area contributed by atoms with E-state index in [0.29, 0.717) is 18.1 Å². The van der Waals surface area contributed by atoms with Gasteiger partial charge < -0.3 is 9.47 Å². The zero-order valence-corrected chi connectivity index (χ0v) is 10.0. The van der Waals surface area contributed by atoms with Crippen molar-refractivity contribution in [1.82, 2.24) is 0 Å². The smallest absolute Gasteiger partial charge is 0.312 e. The molecule has 0 aliphatic carbocycles. The first-order valence-corrected chi connectivity index (χ1v) is 5.49. The van der Waals surface area contributed by atoms with Gasteiger partial charge in [-0.2, -0.15) is 0 Å². The molecule has 16 heavy (non-hydrogen) atoms. The molecule has 1 heterocycles. The molecule has 1 aromatic rings. The molecule has 2 rings (SSSR count). The molecule has 0 fully saturated rings. The van der Waals surface area contributed by atoms with Crippen LogP contribution in [0, 0.1) is 12.8 Å². The topological polar surface area (TPSA) is 35.5 Å². The Morgan fingerprint density at radius 2 is 2.31 bits per heavy atom. The minimum absolute atomic E-state index is 0.227. The molecule has 0 saturated heterocycles. The van der Waals surface area contributed by atoms with Crippen LogP contribution in [0.4, 0.5) is 0 Å². The average Bonchev–Trinajstić information content (AvgIpc) is 2.27. The van der Waals surface area contributed by atoms with Crippen molar-refractivity contribution in [3.8, 4) is 5.75 Å². The van der Waals surface area contributed by atoms with Crippen LogP contribution in [0.2, 0.25) is 5.02 Å². The number of ether oxygens (including phenoxy) is 2. The number of benzene rings is 1. The van der Waals surface area contributed by atoms with E-state index in [2.05, 4.69) is 0 Å². The lowest BCUT2D eigenvalue weighted by molar-refractivity contribution is -0.146. The molecule has 3 nitrogen and oxygen atoms in total. The van der Waals surface area contributed by atoms with Crippen LogP contribution in [0.3, 0.4) is 0 Å². The maximum Gasteiger partial charge on any atom is 0.312 e. The van der Waals surface area contributed by atoms with Gasteiger partial charge in [-0.1, -0.05) is 11.6 Å². The van der Waals surface area contributed by atoms with Gasteiger partial charge in [0.2, 0.25) is 0 Å². The normalized spacial score (nSPS) is 18.6. The summed E-state index contributed by atoms with van der Waals surface area (Å²) < 4.78 is 10.3. The summed E-state index contributed by atoms with van der Waals surface area (Å²) in [7, 11) is 1.39. The van der Waals surface area contributed by atoms with E-state index in [0.717, 1.165) is 16.9 Å². The number of halogens is 1. The zero-order valence-electron chi connectivity index (χ0n) is 9.25. The Morgan fingerprint density at radius 1 is 1.56 bits per heavy atom. The number of carbonyl (C=O) groups is 1. The van der Waals surface area contributed by atoms with Crippen LogP contribution in [-0.2, 0) is 16.0 Å². The molecule has 1 unspecified atom stereocenters. The molecular formula is C12H13ClO3. The van der Waals surface area contributed by atoms with Gasteiger partial charge in [-0.15, -0.1) is 0 Å². The first kappa shape index (κ1) is 11.3. The van der Waals surface area contributed by atoms with Crippen LogP contribution in [0.15, 0.2) is 12.1 Å². The number of methoxy groups -OCH3 is 1. The van der Waals surface area contributed by atoms with Crippen molar-refractivity contribution in [1.29, 1.82) is 0 Å². The second-order valence-electron chi connectivity index (χ2n) is 3.95. The molecule has 4 heteroatoms. The van der Waals surface area contributed by atoms with Gasteiger partial charge in [0.1, 0.15) is 12.4 Å². The first-order valence-electron chi connectivity index (χ1n) is 5.11. The van der Waals surface area contributed by atoms with Crippen molar-refractivity contribution in [2.75, 3.05) is 13.7 Å². The van der Waals surface area contributed by atoms with E-state index in [1.165, 1.54) is 7.11 Å². The number of fused-ring (bicyclic) bond motifs is 1. The lowest BCUT2D eigenvalue weighted by atomic mass is 9.95. The molecule has 0 radical (unpaired) electrons. The van der Waals surface area contributed by atoms with E-state index in [-0.39, 0.29) is 11.9 Å². The second-order valence-corrected chi connectivity index (χ2v) is 4.38. The summed E-state index contributed by atoms with van der Waals surface area (Å²) in [5, 5.41) is 0.672. The lowest BCUT2D eigenvalue weighted by Crippen LogP contribution is -2.29. The standard InChI is InChI=1S/C12H13ClO3/c1-7-3-10(13)5-8-4-9(12(14)15-2)6-16-11(7)8/h3,5,9H,4,6H2,1-2H3. The third-order valence-corrected chi connectivity index (χ3v) is 2.96. The van der Waals surface area contributed by atoms with Crippen LogP contribution < -0.4 is 4.74 Å². The Balaban J connectivity index is 2.30. The van der Waals surface area contributed by atoms with E-state index in [1.54, 1.807) is 0 Å². The second kappa shape index (κ2) is 4.34. The fourth-order valence-corrected chi connectivity index (χ4v) is 2.28. The molecule has 0 aromatic heterocycles. The first-order chi connectivity index (χ1) is 7.61. The molecule has 0 amide bonds. The fraction of sp³-hybridized carbons (Fsp3) is 0.417. The summed E-state index contributed by atoms with van der Waals surface area (Å²) >= 11 is 5.97. The van der Waals surface area contributed by atoms with Gasteiger partial charge in [0, 0.05) is 5.02 Å². The maximum absolute atomic E-state index is 11.4. The fourth-order valence-electron chi connectivity index (χ4n) is 1.98. The van der Waals surface area contributed by atoms with Crippen molar-refractivity contribution < 1.29 is 14.3 Å². The number of hydrogen-bond donors (Lipinski definition) is 0. The van der Waals surface area contributed by atoms with Crippen molar-refractivity contribution in [3.63, 3.8) is 0 Å². The van der Waals surface area contributed by atoms with Crippen LogP contribution in [0.1, 0.15) is 11.1 Å². The number of aryl methyl sites for hydroxylation is 1. The van der Waals surface area contributed by atoms with Gasteiger partial charge in [-0.05, 0) is 36.6 Å². The Morgan fingerprint density at radius 3 is 3.00 bits per heavy atom. The molecule has 1 atom stereocenters. The summed E-state index contributed by atoms with van der Waals surface area (Å²) in [5.41, 5.74) is 1.98. The highest BCUT2D eigenvalue weighted by Crippen LogP contribution is 2.33. The molecule has 86 valence electrons. The SMILES string of the molecule is COC(=O)C1COc2c(C)cc(Cl)cc2C1. The lowest BCUT2D eigenvalue weighted by Gasteiger charge is -2.25. The molecular weight excluding hydrogens is 228 g/mol. The van der Waals surface area contributed by atoms with Gasteiger partial charge in [-0.25, -0.2) is 0 Å². The molecule has 0 spiro atoms. The van der Waals surface area contributed by atoms with Crippen LogP contribution in [-0.4, -0.2) is 19.7 Å². The predicted octanol–water partition coefficient (Wildman–Crippen LogP) is 2.37. The van der Waals surface area contributed by atoms with Gasteiger partial charge in [-0.3, -0.25) is 4.79 Å². The highest BCUT2D eigenvalue weighted by Gasteiger charge is 2.27. The average molecular weight is 241 g/mol. The Bertz CT molecular complexity index is 429. The number of esters is 1. The Kier molecular flexibility index (Phi) is 3.06. The van der Waals surface area contributed by atoms with Crippen molar-refractivity contribution in [3.05, 3.63) is 28.3 Å². The minimum Gasteiger partial charge on any atom is -0.492 e. The predicted molar refractivity (Wildman–Crippen MR) is 60.9 cm³/mol. The van der Waals surface area contributed by atoms with E-state index in [4.69, 9.17) is 21.1 Å². The van der Waals surface area contributed by atoms with Crippen LogP contribution >= 0.6 is 11.6 Å². The van der Waals surface area contributed by atoms with Crippen LogP contribution in [0.5, 0.6) is 5.75 Å². The monoisotopic (exact) mass is 240 g/mol. The summed E-state index contributed by atoms with van der Waals surface area (Å²) in [5.74, 6) is 0.392. The van der Waals surface area contributed by atoms with Gasteiger partial charge in [0.25, 0.3) is 0 Å². The quantitative estimate of drug-likeness (QED) is 0.707. The molecule has 0 saturated carbocycles. The number of carbonyl (C=O) groups excluding carboxylic acids is 1. The van der Waals surface area contributed by atoms with Gasteiger partial charge >= 0.3 is 5.97 Å². The molecule has 1 aliphatic rings. The van der Waals surface area contributed by atoms with Crippen molar-refractivity contribution >= 4 is 17.6 Å². The van der Waals surface area contributed by atoms with E-state index >= 15 is 0 Å². The summed E-state index contributed by atoms with van der Waals surface area (Å²) in [6.45, 7) is 2.32. The maximum atomic E-state index is 11.4. The Labute approximate surface area is 99.3 Å². The summed E-state index contributed by atoms with van der Waals surface area (Å²) in [6, 6.07) is 3.71. The van der Waals surface area contributed by atoms with E-state index in [1.807, 2.05) is 19.1 Å². The van der Waals surface area contributed by atoms with Crippen molar-refractivity contribution in [2.24, 2.45) is 5.92 Å². The highest BCUT2D eigenvalue weighted by molar-refractivity contribution is 6.30. The largest absolute Gasteiger partial charge is 0.492 e. The molecule has 1 aliphatic heterocycles. The van der Waals surface area contributed by atoms with Crippen molar-refractivity contribution in [2.45, 2.75) is 13.3 Å². The molecule has 0 N–H and O–H groups in total. The highest BCUT2D eigenvalue weighted by atomic mass is 35.5. The van der Waals surface area contributed by atoms with Gasteiger partial charge in [0.05, 0.1) is 13.0 Å². The van der Waals surface area contributed by atoms with Crippen LogP contribution in [0.25, 0.3) is 0 Å². The molecule has 1 aromatic carbocycles. The minimum atomic E-state index is -0.233. The summed E-state index contributed by atoms with van der Waals surface area (Å²) in [6.07, 6.45) is 0.628. The zero-order chi connectivity index (χ0) is 11.7. The van der Waals surface area contributed by atoms with Gasteiger partial charge in [0.15, 0.2) is 0 Å². The number of hydrogen-bond acceptors (Lipinski definition) is 3.